The van der Waals surface area contributed by atoms with Crippen LogP contribution in [0.4, 0.5) is 18.9 Å². The number of furan rings is 1. The number of primary amides is 1. The second-order valence-corrected chi connectivity index (χ2v) is 4.35. The molecule has 8 heteroatoms. The van der Waals surface area contributed by atoms with Crippen molar-refractivity contribution in [1.82, 2.24) is 0 Å². The van der Waals surface area contributed by atoms with E-state index in [1.165, 1.54) is 24.3 Å². The lowest BCUT2D eigenvalue weighted by Crippen LogP contribution is -2.09. The first kappa shape index (κ1) is 15.4. The third-order valence-corrected chi connectivity index (χ3v) is 2.82. The fourth-order valence-electron chi connectivity index (χ4n) is 1.79. The van der Waals surface area contributed by atoms with E-state index in [2.05, 4.69) is 5.32 Å². The van der Waals surface area contributed by atoms with Gasteiger partial charge in [-0.2, -0.15) is 18.4 Å². The van der Waals surface area contributed by atoms with Crippen molar-refractivity contribution in [3.63, 3.8) is 0 Å². The highest BCUT2D eigenvalue weighted by Crippen LogP contribution is 2.33. The largest absolute Gasteiger partial charge is 0.454 e. The number of nitrogens with one attached hydrogen (secondary N) is 1. The average Bonchev–Trinajstić information content (AvgIpc) is 2.92. The van der Waals surface area contributed by atoms with E-state index in [1.807, 2.05) is 0 Å². The Bertz CT molecular complexity index is 745. The minimum atomic E-state index is -4.58. The van der Waals surface area contributed by atoms with E-state index in [-0.39, 0.29) is 12.3 Å². The first-order chi connectivity index (χ1) is 10.3. The third-order valence-electron chi connectivity index (χ3n) is 2.82. The summed E-state index contributed by atoms with van der Waals surface area (Å²) in [5, 5.41) is 11.6. The van der Waals surface area contributed by atoms with Crippen LogP contribution in [0, 0.1) is 11.3 Å². The number of halogens is 3. The number of anilines is 1. The first-order valence-electron chi connectivity index (χ1n) is 6.05. The van der Waals surface area contributed by atoms with Gasteiger partial charge in [0.05, 0.1) is 23.7 Å². The van der Waals surface area contributed by atoms with Gasteiger partial charge in [0.1, 0.15) is 5.76 Å². The minimum absolute atomic E-state index is 0.0121. The number of hydrogen-bond donors (Lipinski definition) is 2. The Labute approximate surface area is 123 Å². The van der Waals surface area contributed by atoms with E-state index in [0.717, 1.165) is 12.1 Å². The number of nitrogens with zero attached hydrogens (tertiary/aromatic N) is 1. The van der Waals surface area contributed by atoms with Crippen LogP contribution in [-0.2, 0) is 12.7 Å². The van der Waals surface area contributed by atoms with Crippen LogP contribution in [0.25, 0.3) is 0 Å². The van der Waals surface area contributed by atoms with Crippen molar-refractivity contribution in [2.24, 2.45) is 5.73 Å². The summed E-state index contributed by atoms with van der Waals surface area (Å²) >= 11 is 0. The van der Waals surface area contributed by atoms with Gasteiger partial charge in [0.2, 0.25) is 0 Å². The van der Waals surface area contributed by atoms with E-state index >= 15 is 0 Å². The topological polar surface area (TPSA) is 92.0 Å². The second kappa shape index (κ2) is 5.81. The monoisotopic (exact) mass is 309 g/mol. The van der Waals surface area contributed by atoms with Gasteiger partial charge in [-0.1, -0.05) is 0 Å². The van der Waals surface area contributed by atoms with Crippen molar-refractivity contribution in [3.05, 3.63) is 53.0 Å². The molecule has 0 aliphatic carbocycles. The molecule has 0 fully saturated rings. The van der Waals surface area contributed by atoms with Gasteiger partial charge in [-0.3, -0.25) is 4.79 Å². The molecule has 1 aromatic heterocycles. The van der Waals surface area contributed by atoms with Crippen molar-refractivity contribution in [3.8, 4) is 6.07 Å². The molecule has 1 heterocycles. The SMILES string of the molecule is N#Cc1cc(NCc2ccc(C(N)=O)o2)ccc1C(F)(F)F. The maximum absolute atomic E-state index is 12.7. The van der Waals surface area contributed by atoms with Crippen molar-refractivity contribution < 1.29 is 22.4 Å². The Balaban J connectivity index is 2.13. The number of rotatable bonds is 4. The normalized spacial score (nSPS) is 11.0. The second-order valence-electron chi connectivity index (χ2n) is 4.35. The van der Waals surface area contributed by atoms with Crippen LogP contribution in [-0.4, -0.2) is 5.91 Å². The quantitative estimate of drug-likeness (QED) is 0.908. The maximum Gasteiger partial charge on any atom is 0.417 e. The number of carbonyl (C=O) groups excluding carboxylic acids is 1. The van der Waals surface area contributed by atoms with Crippen LogP contribution in [0.5, 0.6) is 0 Å². The summed E-state index contributed by atoms with van der Waals surface area (Å²) in [5.74, 6) is -0.346. The van der Waals surface area contributed by atoms with Gasteiger partial charge in [-0.05, 0) is 30.3 Å². The number of carbonyl (C=O) groups is 1. The number of nitrogens with two attached hydrogens (primary N) is 1. The molecule has 0 saturated carbocycles. The fourth-order valence-corrected chi connectivity index (χ4v) is 1.79. The molecule has 1 aromatic carbocycles. The summed E-state index contributed by atoms with van der Waals surface area (Å²) in [5.41, 5.74) is 3.89. The number of amides is 1. The number of hydrogen-bond acceptors (Lipinski definition) is 4. The lowest BCUT2D eigenvalue weighted by atomic mass is 10.1. The highest BCUT2D eigenvalue weighted by atomic mass is 19.4. The molecule has 0 radical (unpaired) electrons. The zero-order valence-electron chi connectivity index (χ0n) is 11.1. The molecule has 0 spiro atoms. The standard InChI is InChI=1S/C14H10F3N3O2/c15-14(16,17)11-3-1-9(5-8(11)6-18)20-7-10-2-4-12(22-10)13(19)21/h1-5,20H,7H2,(H2,19,21). The zero-order valence-corrected chi connectivity index (χ0v) is 11.1. The van der Waals surface area contributed by atoms with Crippen molar-refractivity contribution in [1.29, 1.82) is 5.26 Å². The Morgan fingerprint density at radius 1 is 1.32 bits per heavy atom. The third kappa shape index (κ3) is 3.38. The van der Waals surface area contributed by atoms with Gasteiger partial charge in [0.25, 0.3) is 5.91 Å². The highest BCUT2D eigenvalue weighted by Gasteiger charge is 2.33. The van der Waals surface area contributed by atoms with E-state index < -0.39 is 23.2 Å². The summed E-state index contributed by atoms with van der Waals surface area (Å²) < 4.78 is 43.1. The van der Waals surface area contributed by atoms with Crippen LogP contribution in [0.1, 0.15) is 27.4 Å². The Morgan fingerprint density at radius 2 is 2.05 bits per heavy atom. The van der Waals surface area contributed by atoms with Gasteiger partial charge in [-0.25, -0.2) is 0 Å². The lowest BCUT2D eigenvalue weighted by Gasteiger charge is -2.11. The molecule has 0 atom stereocenters. The summed E-state index contributed by atoms with van der Waals surface area (Å²) in [6, 6.07) is 7.57. The van der Waals surface area contributed by atoms with Crippen LogP contribution >= 0.6 is 0 Å². The van der Waals surface area contributed by atoms with Crippen molar-refractivity contribution >= 4 is 11.6 Å². The maximum atomic E-state index is 12.7. The molecule has 22 heavy (non-hydrogen) atoms. The molecule has 114 valence electrons. The molecule has 2 rings (SSSR count). The molecule has 5 nitrogen and oxygen atoms in total. The minimum Gasteiger partial charge on any atom is -0.454 e. The molecule has 1 amide bonds. The van der Waals surface area contributed by atoms with Crippen LogP contribution in [0.2, 0.25) is 0 Å². The van der Waals surface area contributed by atoms with E-state index in [0.29, 0.717) is 11.4 Å². The summed E-state index contributed by atoms with van der Waals surface area (Å²) in [4.78, 5) is 10.9. The lowest BCUT2D eigenvalue weighted by molar-refractivity contribution is -0.137. The van der Waals surface area contributed by atoms with Gasteiger partial charge in [-0.15, -0.1) is 0 Å². The number of alkyl halides is 3. The van der Waals surface area contributed by atoms with Crippen molar-refractivity contribution in [2.75, 3.05) is 5.32 Å². The molecule has 2 aromatic rings. The van der Waals surface area contributed by atoms with Gasteiger partial charge < -0.3 is 15.5 Å². The smallest absolute Gasteiger partial charge is 0.417 e. The van der Waals surface area contributed by atoms with E-state index in [9.17, 15) is 18.0 Å². The van der Waals surface area contributed by atoms with Crippen LogP contribution in [0.15, 0.2) is 34.7 Å². The summed E-state index contributed by atoms with van der Waals surface area (Å²) in [6.07, 6.45) is -4.58. The van der Waals surface area contributed by atoms with Crippen LogP contribution in [0.3, 0.4) is 0 Å². The molecule has 0 aliphatic heterocycles. The fraction of sp³-hybridized carbons (Fsp3) is 0.143. The molecular formula is C14H10F3N3O2. The molecule has 0 bridgehead atoms. The van der Waals surface area contributed by atoms with Gasteiger partial charge >= 0.3 is 6.18 Å². The molecule has 0 saturated heterocycles. The first-order valence-corrected chi connectivity index (χ1v) is 6.05. The number of nitriles is 1. The molecule has 0 unspecified atom stereocenters. The molecule has 3 N–H and O–H groups in total. The summed E-state index contributed by atoms with van der Waals surface area (Å²) in [6.45, 7) is 0.128. The Kier molecular flexibility index (Phi) is 4.08. The Morgan fingerprint density at radius 3 is 2.59 bits per heavy atom. The van der Waals surface area contributed by atoms with E-state index in [4.69, 9.17) is 15.4 Å². The Hall–Kier alpha value is -2.95. The predicted molar refractivity (Wildman–Crippen MR) is 70.7 cm³/mol. The zero-order chi connectivity index (χ0) is 16.3. The molecular weight excluding hydrogens is 299 g/mol. The van der Waals surface area contributed by atoms with E-state index in [1.54, 1.807) is 0 Å². The van der Waals surface area contributed by atoms with Gasteiger partial charge in [0.15, 0.2) is 5.76 Å². The summed E-state index contributed by atoms with van der Waals surface area (Å²) in [7, 11) is 0. The predicted octanol–water partition coefficient (Wildman–Crippen LogP) is 2.88. The van der Waals surface area contributed by atoms with Crippen LogP contribution < -0.4 is 11.1 Å². The average molecular weight is 309 g/mol. The van der Waals surface area contributed by atoms with Gasteiger partial charge in [0, 0.05) is 5.69 Å². The highest BCUT2D eigenvalue weighted by molar-refractivity contribution is 5.89. The molecule has 0 aliphatic rings. The number of benzene rings is 1. The van der Waals surface area contributed by atoms with Crippen molar-refractivity contribution in [2.45, 2.75) is 12.7 Å².